The van der Waals surface area contributed by atoms with E-state index >= 15 is 0 Å². The highest BCUT2D eigenvalue weighted by Gasteiger charge is 2.23. The summed E-state index contributed by atoms with van der Waals surface area (Å²) in [6.45, 7) is 0.537. The highest BCUT2D eigenvalue weighted by Crippen LogP contribution is 2.32. The van der Waals surface area contributed by atoms with E-state index in [2.05, 4.69) is 10.6 Å². The standard InChI is InChI=1S/C22H20FN3OS/c23-17-8-6-16(7-9-17)20-21(24)28-22(26-20)25-18-10-12-19(13-11-18)27-14-15-4-2-1-3-5-15/h1-13,22,25-26H,14,24H2. The lowest BCUT2D eigenvalue weighted by atomic mass is 10.1. The van der Waals surface area contributed by atoms with Crippen molar-refractivity contribution in [2.45, 2.75) is 12.1 Å². The average Bonchev–Trinajstić information content (AvgIpc) is 3.09. The Balaban J connectivity index is 1.33. The molecule has 0 aliphatic carbocycles. The molecule has 1 aliphatic heterocycles. The van der Waals surface area contributed by atoms with Gasteiger partial charge < -0.3 is 21.1 Å². The van der Waals surface area contributed by atoms with Crippen molar-refractivity contribution in [3.05, 3.63) is 101 Å². The Bertz CT molecular complexity index is 959. The Morgan fingerprint density at radius 2 is 1.68 bits per heavy atom. The zero-order valence-electron chi connectivity index (χ0n) is 15.1. The van der Waals surface area contributed by atoms with Crippen LogP contribution in [-0.4, -0.2) is 5.50 Å². The molecule has 0 spiro atoms. The number of nitrogens with one attached hydrogen (secondary N) is 2. The van der Waals surface area contributed by atoms with E-state index in [4.69, 9.17) is 10.5 Å². The minimum atomic E-state index is -0.266. The van der Waals surface area contributed by atoms with Gasteiger partial charge in [0.2, 0.25) is 0 Å². The van der Waals surface area contributed by atoms with Gasteiger partial charge in [-0.2, -0.15) is 0 Å². The maximum atomic E-state index is 13.1. The number of rotatable bonds is 6. The zero-order chi connectivity index (χ0) is 19.3. The maximum absolute atomic E-state index is 13.1. The van der Waals surface area contributed by atoms with Gasteiger partial charge in [0.25, 0.3) is 0 Å². The van der Waals surface area contributed by atoms with Crippen LogP contribution in [0.1, 0.15) is 11.1 Å². The van der Waals surface area contributed by atoms with E-state index in [0.29, 0.717) is 11.6 Å². The van der Waals surface area contributed by atoms with Gasteiger partial charge in [-0.25, -0.2) is 4.39 Å². The molecule has 0 saturated carbocycles. The second-order valence-corrected chi connectivity index (χ2v) is 7.48. The molecule has 28 heavy (non-hydrogen) atoms. The third-order valence-electron chi connectivity index (χ3n) is 4.30. The fourth-order valence-corrected chi connectivity index (χ4v) is 3.79. The summed E-state index contributed by atoms with van der Waals surface area (Å²) in [6, 6.07) is 24.1. The van der Waals surface area contributed by atoms with Crippen molar-refractivity contribution in [3.63, 3.8) is 0 Å². The van der Waals surface area contributed by atoms with Crippen LogP contribution in [0.4, 0.5) is 10.1 Å². The molecule has 1 unspecified atom stereocenters. The van der Waals surface area contributed by atoms with Crippen molar-refractivity contribution in [3.8, 4) is 5.75 Å². The van der Waals surface area contributed by atoms with E-state index in [0.717, 1.165) is 28.3 Å². The van der Waals surface area contributed by atoms with Crippen LogP contribution >= 0.6 is 11.8 Å². The van der Waals surface area contributed by atoms with Crippen LogP contribution in [0.5, 0.6) is 5.75 Å². The lowest BCUT2D eigenvalue weighted by Crippen LogP contribution is -2.27. The van der Waals surface area contributed by atoms with Crippen molar-refractivity contribution in [1.82, 2.24) is 5.32 Å². The second kappa shape index (κ2) is 8.27. The van der Waals surface area contributed by atoms with Crippen LogP contribution in [0.3, 0.4) is 0 Å². The van der Waals surface area contributed by atoms with Gasteiger partial charge in [0.15, 0.2) is 5.50 Å². The zero-order valence-corrected chi connectivity index (χ0v) is 15.9. The quantitative estimate of drug-likeness (QED) is 0.566. The lowest BCUT2D eigenvalue weighted by molar-refractivity contribution is 0.306. The van der Waals surface area contributed by atoms with E-state index in [-0.39, 0.29) is 11.3 Å². The van der Waals surface area contributed by atoms with Crippen LogP contribution in [0, 0.1) is 5.82 Å². The number of hydrogen-bond donors (Lipinski definition) is 3. The molecule has 4 nitrogen and oxygen atoms in total. The van der Waals surface area contributed by atoms with Gasteiger partial charge in [-0.1, -0.05) is 42.1 Å². The predicted octanol–water partition coefficient (Wildman–Crippen LogP) is 4.72. The van der Waals surface area contributed by atoms with Gasteiger partial charge in [-0.15, -0.1) is 0 Å². The molecular weight excluding hydrogens is 373 g/mol. The number of hydrogen-bond acceptors (Lipinski definition) is 5. The normalized spacial score (nSPS) is 16.0. The van der Waals surface area contributed by atoms with Crippen LogP contribution in [0.15, 0.2) is 83.9 Å². The van der Waals surface area contributed by atoms with Crippen molar-refractivity contribution >= 4 is 23.1 Å². The minimum absolute atomic E-state index is 0.101. The first-order valence-corrected chi connectivity index (χ1v) is 9.77. The monoisotopic (exact) mass is 393 g/mol. The summed E-state index contributed by atoms with van der Waals surface area (Å²) in [6.07, 6.45) is 0. The first-order chi connectivity index (χ1) is 13.7. The van der Waals surface area contributed by atoms with Gasteiger partial charge in [0.1, 0.15) is 18.2 Å². The molecule has 3 aromatic rings. The SMILES string of the molecule is NC1=C(c2ccc(F)cc2)NC(Nc2ccc(OCc3ccccc3)cc2)S1. The van der Waals surface area contributed by atoms with Crippen molar-refractivity contribution in [1.29, 1.82) is 0 Å². The highest BCUT2D eigenvalue weighted by molar-refractivity contribution is 8.04. The van der Waals surface area contributed by atoms with Gasteiger partial charge in [0, 0.05) is 11.3 Å². The molecule has 0 amide bonds. The Kier molecular flexibility index (Phi) is 5.39. The van der Waals surface area contributed by atoms with E-state index in [1.165, 1.54) is 23.9 Å². The molecule has 1 atom stereocenters. The van der Waals surface area contributed by atoms with Gasteiger partial charge in [-0.05, 0) is 54.1 Å². The molecule has 0 aromatic heterocycles. The van der Waals surface area contributed by atoms with E-state index in [1.54, 1.807) is 12.1 Å². The predicted molar refractivity (Wildman–Crippen MR) is 113 cm³/mol. The van der Waals surface area contributed by atoms with Gasteiger partial charge >= 0.3 is 0 Å². The van der Waals surface area contributed by atoms with Crippen LogP contribution in [0.2, 0.25) is 0 Å². The third-order valence-corrected chi connectivity index (χ3v) is 5.23. The Labute approximate surface area is 167 Å². The summed E-state index contributed by atoms with van der Waals surface area (Å²) in [4.78, 5) is 0. The number of anilines is 1. The fraction of sp³-hybridized carbons (Fsp3) is 0.0909. The van der Waals surface area contributed by atoms with Crippen LogP contribution in [0.25, 0.3) is 5.70 Å². The molecule has 4 N–H and O–H groups in total. The van der Waals surface area contributed by atoms with Crippen molar-refractivity contribution < 1.29 is 9.13 Å². The molecule has 0 saturated heterocycles. The Morgan fingerprint density at radius 3 is 2.39 bits per heavy atom. The number of ether oxygens (including phenoxy) is 1. The highest BCUT2D eigenvalue weighted by atomic mass is 32.2. The number of nitrogens with two attached hydrogens (primary N) is 1. The maximum Gasteiger partial charge on any atom is 0.151 e. The number of halogens is 1. The molecule has 142 valence electrons. The second-order valence-electron chi connectivity index (χ2n) is 6.33. The average molecular weight is 393 g/mol. The molecule has 0 radical (unpaired) electrons. The molecule has 0 fully saturated rings. The topological polar surface area (TPSA) is 59.3 Å². The molecule has 1 aliphatic rings. The Morgan fingerprint density at radius 1 is 0.964 bits per heavy atom. The third kappa shape index (κ3) is 4.40. The van der Waals surface area contributed by atoms with Crippen molar-refractivity contribution in [2.24, 2.45) is 5.73 Å². The van der Waals surface area contributed by atoms with Gasteiger partial charge in [0.05, 0.1) is 10.7 Å². The summed E-state index contributed by atoms with van der Waals surface area (Å²) < 4.78 is 18.9. The van der Waals surface area contributed by atoms with E-state index < -0.39 is 0 Å². The molecule has 4 rings (SSSR count). The smallest absolute Gasteiger partial charge is 0.151 e. The van der Waals surface area contributed by atoms with E-state index in [9.17, 15) is 4.39 Å². The summed E-state index contributed by atoms with van der Waals surface area (Å²) in [7, 11) is 0. The molecule has 1 heterocycles. The fourth-order valence-electron chi connectivity index (χ4n) is 2.86. The summed E-state index contributed by atoms with van der Waals surface area (Å²) in [5.74, 6) is 0.545. The van der Waals surface area contributed by atoms with Gasteiger partial charge in [-0.3, -0.25) is 0 Å². The molecular formula is C22H20FN3OS. The Hall–Kier alpha value is -3.12. The number of benzene rings is 3. The molecule has 3 aromatic carbocycles. The van der Waals surface area contributed by atoms with E-state index in [1.807, 2.05) is 54.6 Å². The minimum Gasteiger partial charge on any atom is -0.489 e. The first-order valence-electron chi connectivity index (χ1n) is 8.89. The summed E-state index contributed by atoms with van der Waals surface area (Å²) >= 11 is 1.49. The summed E-state index contributed by atoms with van der Waals surface area (Å²) in [5.41, 5.74) is 9.79. The molecule has 6 heteroatoms. The van der Waals surface area contributed by atoms with Crippen molar-refractivity contribution in [2.75, 3.05) is 5.32 Å². The first kappa shape index (κ1) is 18.3. The largest absolute Gasteiger partial charge is 0.489 e. The lowest BCUT2D eigenvalue weighted by Gasteiger charge is -2.16. The van der Waals surface area contributed by atoms with Crippen LogP contribution < -0.4 is 21.1 Å². The number of thioether (sulfide) groups is 1. The molecule has 0 bridgehead atoms. The van der Waals surface area contributed by atoms with Crippen LogP contribution in [-0.2, 0) is 6.61 Å². The summed E-state index contributed by atoms with van der Waals surface area (Å²) in [5, 5.41) is 7.40.